The lowest BCUT2D eigenvalue weighted by atomic mass is 10.2. The molecule has 0 saturated heterocycles. The molecule has 2 aromatic rings. The summed E-state index contributed by atoms with van der Waals surface area (Å²) in [6.45, 7) is 0.247. The number of rotatable bonds is 3. The van der Waals surface area contributed by atoms with Gasteiger partial charge in [-0.1, -0.05) is 0 Å². The molecular weight excluding hydrogens is 223 g/mol. The summed E-state index contributed by atoms with van der Waals surface area (Å²) >= 11 is 0. The normalized spacial score (nSPS) is 10.2. The lowest BCUT2D eigenvalue weighted by Gasteiger charge is -2.02. The number of aryl methyl sites for hydroxylation is 1. The van der Waals surface area contributed by atoms with Crippen LogP contribution in [-0.2, 0) is 13.6 Å². The van der Waals surface area contributed by atoms with Crippen molar-refractivity contribution in [1.29, 1.82) is 0 Å². The van der Waals surface area contributed by atoms with E-state index in [9.17, 15) is 9.18 Å². The molecule has 2 rings (SSSR count). The molecule has 6 heteroatoms. The Morgan fingerprint density at radius 2 is 2.12 bits per heavy atom. The number of benzene rings is 1. The molecule has 1 aromatic heterocycles. The molecule has 0 saturated carbocycles. The third-order valence-corrected chi connectivity index (χ3v) is 2.16. The highest BCUT2D eigenvalue weighted by atomic mass is 19.1. The third kappa shape index (κ3) is 2.87. The van der Waals surface area contributed by atoms with E-state index in [-0.39, 0.29) is 18.3 Å². The first-order chi connectivity index (χ1) is 8.15. The Bertz CT molecular complexity index is 521. The molecule has 0 unspecified atom stereocenters. The van der Waals surface area contributed by atoms with Crippen molar-refractivity contribution in [2.45, 2.75) is 6.54 Å². The van der Waals surface area contributed by atoms with Crippen LogP contribution in [-0.4, -0.2) is 20.7 Å². The fourth-order valence-electron chi connectivity index (χ4n) is 1.33. The molecule has 0 bridgehead atoms. The molecule has 5 nitrogen and oxygen atoms in total. The summed E-state index contributed by atoms with van der Waals surface area (Å²) in [7, 11) is 1.75. The van der Waals surface area contributed by atoms with Crippen LogP contribution in [0, 0.1) is 5.82 Å². The van der Waals surface area contributed by atoms with Crippen LogP contribution >= 0.6 is 0 Å². The van der Waals surface area contributed by atoms with E-state index in [0.717, 1.165) is 0 Å². The van der Waals surface area contributed by atoms with Crippen LogP contribution in [0.3, 0.4) is 0 Å². The van der Waals surface area contributed by atoms with Crippen molar-refractivity contribution >= 4 is 5.91 Å². The van der Waals surface area contributed by atoms with E-state index >= 15 is 0 Å². The Hall–Kier alpha value is -2.24. The average Bonchev–Trinajstić information content (AvgIpc) is 2.73. The van der Waals surface area contributed by atoms with E-state index in [4.69, 9.17) is 0 Å². The first-order valence-corrected chi connectivity index (χ1v) is 5.03. The van der Waals surface area contributed by atoms with E-state index in [1.54, 1.807) is 18.1 Å². The standard InChI is InChI=1S/C11H11FN4O/c1-16-7-14-10(15-16)6-13-11(17)8-2-4-9(12)5-3-8/h2-5,7H,6H2,1H3,(H,13,17). The highest BCUT2D eigenvalue weighted by molar-refractivity contribution is 5.93. The van der Waals surface area contributed by atoms with Crippen molar-refractivity contribution in [2.75, 3.05) is 0 Å². The van der Waals surface area contributed by atoms with Gasteiger partial charge in [0.25, 0.3) is 5.91 Å². The van der Waals surface area contributed by atoms with Crippen LogP contribution in [0.15, 0.2) is 30.6 Å². The van der Waals surface area contributed by atoms with Crippen LogP contribution in [0.5, 0.6) is 0 Å². The largest absolute Gasteiger partial charge is 0.345 e. The monoisotopic (exact) mass is 234 g/mol. The van der Waals surface area contributed by atoms with Gasteiger partial charge in [0, 0.05) is 12.6 Å². The van der Waals surface area contributed by atoms with Crippen LogP contribution in [0.4, 0.5) is 4.39 Å². The van der Waals surface area contributed by atoms with E-state index in [2.05, 4.69) is 15.4 Å². The van der Waals surface area contributed by atoms with E-state index < -0.39 is 0 Å². The van der Waals surface area contributed by atoms with Gasteiger partial charge in [0.15, 0.2) is 5.82 Å². The molecule has 0 radical (unpaired) electrons. The zero-order valence-corrected chi connectivity index (χ0v) is 9.22. The van der Waals surface area contributed by atoms with Gasteiger partial charge in [-0.15, -0.1) is 0 Å². The van der Waals surface area contributed by atoms with Crippen LogP contribution in [0.2, 0.25) is 0 Å². The molecule has 0 aliphatic heterocycles. The minimum atomic E-state index is -0.368. The number of amides is 1. The Kier molecular flexibility index (Phi) is 3.13. The van der Waals surface area contributed by atoms with Crippen molar-refractivity contribution in [2.24, 2.45) is 7.05 Å². The molecule has 88 valence electrons. The van der Waals surface area contributed by atoms with Gasteiger partial charge in [-0.05, 0) is 24.3 Å². The molecule has 1 aromatic carbocycles. The Morgan fingerprint density at radius 1 is 1.41 bits per heavy atom. The second-order valence-electron chi connectivity index (χ2n) is 3.52. The molecule has 0 atom stereocenters. The molecule has 0 spiro atoms. The second kappa shape index (κ2) is 4.73. The first kappa shape index (κ1) is 11.3. The average molecular weight is 234 g/mol. The second-order valence-corrected chi connectivity index (χ2v) is 3.52. The van der Waals surface area contributed by atoms with Crippen molar-refractivity contribution < 1.29 is 9.18 Å². The van der Waals surface area contributed by atoms with Gasteiger partial charge in [0.05, 0.1) is 6.54 Å². The highest BCUT2D eigenvalue weighted by Gasteiger charge is 2.06. The van der Waals surface area contributed by atoms with Crippen LogP contribution in [0.1, 0.15) is 16.2 Å². The van der Waals surface area contributed by atoms with Gasteiger partial charge in [-0.25, -0.2) is 9.37 Å². The summed E-state index contributed by atoms with van der Waals surface area (Å²) in [5.74, 6) is -0.117. The summed E-state index contributed by atoms with van der Waals surface area (Å²) in [4.78, 5) is 15.6. The van der Waals surface area contributed by atoms with Gasteiger partial charge in [0.1, 0.15) is 12.1 Å². The molecule has 17 heavy (non-hydrogen) atoms. The van der Waals surface area contributed by atoms with Gasteiger partial charge in [0.2, 0.25) is 0 Å². The quantitative estimate of drug-likeness (QED) is 0.857. The summed E-state index contributed by atoms with van der Waals surface area (Å²) in [5.41, 5.74) is 0.405. The zero-order valence-electron chi connectivity index (χ0n) is 9.22. The Balaban J connectivity index is 1.95. The summed E-state index contributed by atoms with van der Waals surface area (Å²) in [6, 6.07) is 5.34. The summed E-state index contributed by atoms with van der Waals surface area (Å²) in [5, 5.41) is 6.67. The van der Waals surface area contributed by atoms with E-state index in [0.29, 0.717) is 11.4 Å². The highest BCUT2D eigenvalue weighted by Crippen LogP contribution is 2.02. The molecule has 1 amide bonds. The number of carbonyl (C=O) groups excluding carboxylic acids is 1. The van der Waals surface area contributed by atoms with Crippen LogP contribution in [0.25, 0.3) is 0 Å². The zero-order chi connectivity index (χ0) is 12.3. The summed E-state index contributed by atoms with van der Waals surface area (Å²) in [6.07, 6.45) is 1.55. The summed E-state index contributed by atoms with van der Waals surface area (Å²) < 4.78 is 14.2. The van der Waals surface area contributed by atoms with Gasteiger partial charge < -0.3 is 5.32 Å². The molecule has 1 N–H and O–H groups in total. The Morgan fingerprint density at radius 3 is 2.71 bits per heavy atom. The third-order valence-electron chi connectivity index (χ3n) is 2.16. The maximum atomic E-state index is 12.6. The first-order valence-electron chi connectivity index (χ1n) is 5.03. The van der Waals surface area contributed by atoms with Crippen molar-refractivity contribution in [3.63, 3.8) is 0 Å². The number of aromatic nitrogens is 3. The van der Waals surface area contributed by atoms with E-state index in [1.165, 1.54) is 24.3 Å². The fraction of sp³-hybridized carbons (Fsp3) is 0.182. The number of nitrogens with zero attached hydrogens (tertiary/aromatic N) is 3. The van der Waals surface area contributed by atoms with Crippen molar-refractivity contribution in [3.05, 3.63) is 47.8 Å². The maximum Gasteiger partial charge on any atom is 0.251 e. The van der Waals surface area contributed by atoms with Gasteiger partial charge >= 0.3 is 0 Å². The molecular formula is C11H11FN4O. The molecule has 0 aliphatic rings. The fourth-order valence-corrected chi connectivity index (χ4v) is 1.33. The van der Waals surface area contributed by atoms with Gasteiger partial charge in [-0.2, -0.15) is 5.10 Å². The maximum absolute atomic E-state index is 12.6. The topological polar surface area (TPSA) is 59.8 Å². The number of hydrogen-bond donors (Lipinski definition) is 1. The predicted octanol–water partition coefficient (Wildman–Crippen LogP) is 0.884. The SMILES string of the molecule is Cn1cnc(CNC(=O)c2ccc(F)cc2)n1. The van der Waals surface area contributed by atoms with Crippen molar-refractivity contribution in [1.82, 2.24) is 20.1 Å². The number of carbonyl (C=O) groups is 1. The Labute approximate surface area is 97.3 Å². The number of halogens is 1. The van der Waals surface area contributed by atoms with Gasteiger partial charge in [-0.3, -0.25) is 9.48 Å². The van der Waals surface area contributed by atoms with E-state index in [1.807, 2.05) is 0 Å². The number of nitrogens with one attached hydrogen (secondary N) is 1. The number of hydrogen-bond acceptors (Lipinski definition) is 3. The lowest BCUT2D eigenvalue weighted by Crippen LogP contribution is -2.23. The smallest absolute Gasteiger partial charge is 0.251 e. The molecule has 0 aliphatic carbocycles. The van der Waals surface area contributed by atoms with Crippen LogP contribution < -0.4 is 5.32 Å². The molecule has 1 heterocycles. The lowest BCUT2D eigenvalue weighted by molar-refractivity contribution is 0.0950. The minimum Gasteiger partial charge on any atom is -0.345 e. The predicted molar refractivity (Wildman–Crippen MR) is 58.6 cm³/mol. The van der Waals surface area contributed by atoms with Crippen molar-refractivity contribution in [3.8, 4) is 0 Å². The molecule has 0 fully saturated rings. The minimum absolute atomic E-state index is 0.247.